The molecule has 2 aliphatic rings. The number of nitrogens with zero attached hydrogens (tertiary/aromatic N) is 5. The van der Waals surface area contributed by atoms with E-state index < -0.39 is 50.6 Å². The van der Waals surface area contributed by atoms with Gasteiger partial charge in [-0.1, -0.05) is 49.7 Å². The molecule has 20 nitrogen and oxygen atoms in total. The zero-order chi connectivity index (χ0) is 50.8. The summed E-state index contributed by atoms with van der Waals surface area (Å²) in [5, 5.41) is 18.5. The number of amides is 2. The number of hydrogen-bond acceptors (Lipinski definition) is 16. The number of carbonyl (C=O) groups excluding carboxylic acids is 3. The summed E-state index contributed by atoms with van der Waals surface area (Å²) in [5.74, 6) is -1.87. The Morgan fingerprint density at radius 3 is 2.27 bits per heavy atom. The van der Waals surface area contributed by atoms with E-state index in [1.165, 1.54) is 4.90 Å². The Labute approximate surface area is 408 Å². The number of benzene rings is 2. The molecule has 23 heteroatoms. The lowest BCUT2D eigenvalue weighted by Gasteiger charge is -2.42. The molecule has 382 valence electrons. The van der Waals surface area contributed by atoms with Crippen LogP contribution in [0.2, 0.25) is 5.02 Å². The standard InChI is InChI=1S/C47H58ClF2N5O15/c1-31(70-46(58)66-25-23-63-24-26-69-55(61)62)29-67-43-32(2)35(18-19-51-43)27-53(36-14-15-36)44(56)37-28-52(45(57)65-20-6-5-7-22-68-54(59)60)30-47(3,4)40(37)34-12-10-33(11-13-34)9-8-21-64-42-39(50)17-16-38(49)41(42)48/h10-13,16-19,31,36H,5-9,14-15,20-30H2,1-4H3. The van der Waals surface area contributed by atoms with Gasteiger partial charge in [0.25, 0.3) is 16.1 Å². The van der Waals surface area contributed by atoms with Crippen molar-refractivity contribution in [3.05, 3.63) is 113 Å². The summed E-state index contributed by atoms with van der Waals surface area (Å²) in [4.78, 5) is 77.9. The van der Waals surface area contributed by atoms with Crippen LogP contribution in [0.4, 0.5) is 18.4 Å². The molecule has 1 fully saturated rings. The fraction of sp³-hybridized carbons (Fsp3) is 0.532. The Hall–Kier alpha value is -6.55. The topological polar surface area (TPSA) is 231 Å². The van der Waals surface area contributed by atoms with Crippen molar-refractivity contribution in [2.45, 2.75) is 91.3 Å². The monoisotopic (exact) mass is 1010 g/mol. The Morgan fingerprint density at radius 2 is 1.56 bits per heavy atom. The van der Waals surface area contributed by atoms with Crippen LogP contribution < -0.4 is 9.47 Å². The highest BCUT2D eigenvalue weighted by Crippen LogP contribution is 2.44. The molecule has 5 rings (SSSR count). The third-order valence-electron chi connectivity index (χ3n) is 11.2. The van der Waals surface area contributed by atoms with Crippen LogP contribution in [0.15, 0.2) is 54.2 Å². The van der Waals surface area contributed by atoms with E-state index in [1.54, 1.807) is 19.2 Å². The van der Waals surface area contributed by atoms with Crippen LogP contribution in [0, 0.1) is 44.2 Å². The minimum absolute atomic E-state index is 0.0262. The van der Waals surface area contributed by atoms with E-state index in [9.17, 15) is 38.6 Å². The second kappa shape index (κ2) is 26.4. The third kappa shape index (κ3) is 16.6. The fourth-order valence-corrected chi connectivity index (χ4v) is 7.93. The first-order valence-electron chi connectivity index (χ1n) is 22.8. The highest BCUT2D eigenvalue weighted by molar-refractivity contribution is 6.32. The molecule has 0 bridgehead atoms. The molecule has 3 aromatic rings. The molecule has 0 N–H and O–H groups in total. The van der Waals surface area contributed by atoms with Gasteiger partial charge in [-0.3, -0.25) is 4.79 Å². The molecule has 1 unspecified atom stereocenters. The second-order valence-electron chi connectivity index (χ2n) is 17.2. The number of halogens is 3. The molecule has 2 aromatic carbocycles. The summed E-state index contributed by atoms with van der Waals surface area (Å²) in [7, 11) is 0. The first-order valence-corrected chi connectivity index (χ1v) is 23.2. The maximum atomic E-state index is 15.1. The maximum Gasteiger partial charge on any atom is 0.508 e. The predicted octanol–water partition coefficient (Wildman–Crippen LogP) is 8.28. The van der Waals surface area contributed by atoms with Crippen molar-refractivity contribution < 1.29 is 71.4 Å². The lowest BCUT2D eigenvalue weighted by Crippen LogP contribution is -2.48. The molecule has 1 atom stereocenters. The van der Waals surface area contributed by atoms with Crippen LogP contribution >= 0.6 is 11.6 Å². The first-order chi connectivity index (χ1) is 33.4. The first kappa shape index (κ1) is 54.4. The summed E-state index contributed by atoms with van der Waals surface area (Å²) in [5.41, 5.74) is 3.58. The average molecular weight is 1010 g/mol. The minimum atomic E-state index is -0.965. The number of hydrogen-bond donors (Lipinski definition) is 0. The minimum Gasteiger partial charge on any atom is -0.489 e. The van der Waals surface area contributed by atoms with E-state index in [0.29, 0.717) is 43.2 Å². The molecule has 1 saturated carbocycles. The molecule has 70 heavy (non-hydrogen) atoms. The molecule has 0 spiro atoms. The van der Waals surface area contributed by atoms with Gasteiger partial charge in [-0.2, -0.15) is 0 Å². The van der Waals surface area contributed by atoms with Crippen molar-refractivity contribution in [3.63, 3.8) is 0 Å². The van der Waals surface area contributed by atoms with Gasteiger partial charge in [0, 0.05) is 41.9 Å². The lowest BCUT2D eigenvalue weighted by molar-refractivity contribution is -0.758. The Morgan fingerprint density at radius 1 is 0.871 bits per heavy atom. The van der Waals surface area contributed by atoms with Crippen molar-refractivity contribution in [3.8, 4) is 11.6 Å². The lowest BCUT2D eigenvalue weighted by atomic mass is 9.74. The van der Waals surface area contributed by atoms with Crippen LogP contribution in [0.1, 0.15) is 81.5 Å². The normalized spacial score (nSPS) is 14.6. The molecule has 1 aliphatic carbocycles. The van der Waals surface area contributed by atoms with E-state index in [4.69, 9.17) is 40.0 Å². The molecule has 2 amide bonds. The second-order valence-corrected chi connectivity index (χ2v) is 17.6. The van der Waals surface area contributed by atoms with E-state index >= 15 is 4.79 Å². The SMILES string of the molecule is Cc1c(CN(C(=O)C2=C(c3ccc(CCCOc4c(F)ccc(F)c4Cl)cc3)C(C)(C)CN(C(=O)OCCCCCO[N+](=O)[O-])C2)C2CC2)ccnc1OCC(C)OC(=O)OCCOCCO[N+](=O)[O-]. The number of unbranched alkanes of at least 4 members (excludes halogenated alkanes) is 2. The van der Waals surface area contributed by atoms with Crippen molar-refractivity contribution >= 4 is 35.3 Å². The van der Waals surface area contributed by atoms with Crippen molar-refractivity contribution in [2.75, 3.05) is 65.9 Å². The Kier molecular flexibility index (Phi) is 20.5. The van der Waals surface area contributed by atoms with Gasteiger partial charge in [-0.15, -0.1) is 20.2 Å². The summed E-state index contributed by atoms with van der Waals surface area (Å²) in [6.07, 6.45) is 3.22. The van der Waals surface area contributed by atoms with Gasteiger partial charge < -0.3 is 47.9 Å². The average Bonchev–Trinajstić information content (AvgIpc) is 4.16. The van der Waals surface area contributed by atoms with E-state index in [2.05, 4.69) is 14.7 Å². The molecule has 1 aromatic heterocycles. The summed E-state index contributed by atoms with van der Waals surface area (Å²) in [6, 6.07) is 11.3. The molecule has 0 radical (unpaired) electrons. The number of ether oxygens (including phenoxy) is 6. The van der Waals surface area contributed by atoms with Crippen LogP contribution in [0.25, 0.3) is 5.57 Å². The van der Waals surface area contributed by atoms with Gasteiger partial charge in [-0.05, 0) is 99.3 Å². The molecule has 1 aliphatic heterocycles. The van der Waals surface area contributed by atoms with Crippen molar-refractivity contribution in [2.24, 2.45) is 5.41 Å². The van der Waals surface area contributed by atoms with Gasteiger partial charge in [0.1, 0.15) is 36.8 Å². The predicted molar refractivity (Wildman–Crippen MR) is 246 cm³/mol. The van der Waals surface area contributed by atoms with Crippen molar-refractivity contribution in [1.29, 1.82) is 0 Å². The van der Waals surface area contributed by atoms with Crippen molar-refractivity contribution in [1.82, 2.24) is 14.8 Å². The van der Waals surface area contributed by atoms with E-state index in [1.807, 2.05) is 49.9 Å². The maximum absolute atomic E-state index is 15.1. The smallest absolute Gasteiger partial charge is 0.489 e. The fourth-order valence-electron chi connectivity index (χ4n) is 7.73. The number of pyridine rings is 1. The van der Waals surface area contributed by atoms with Gasteiger partial charge >= 0.3 is 12.2 Å². The summed E-state index contributed by atoms with van der Waals surface area (Å²) >= 11 is 5.92. The number of aromatic nitrogens is 1. The zero-order valence-electron chi connectivity index (χ0n) is 39.5. The zero-order valence-corrected chi connectivity index (χ0v) is 40.3. The summed E-state index contributed by atoms with van der Waals surface area (Å²) in [6.45, 7) is 7.25. The van der Waals surface area contributed by atoms with Crippen LogP contribution in [-0.4, -0.2) is 121 Å². The number of rotatable bonds is 28. The number of aryl methyl sites for hydroxylation is 1. The Bertz CT molecular complexity index is 2320. The highest BCUT2D eigenvalue weighted by Gasteiger charge is 2.43. The van der Waals surface area contributed by atoms with E-state index in [-0.39, 0.29) is 96.1 Å². The highest BCUT2D eigenvalue weighted by atomic mass is 35.5. The van der Waals surface area contributed by atoms with Gasteiger partial charge in [0.15, 0.2) is 11.6 Å². The Balaban J connectivity index is 1.29. The number of carbonyl (C=O) groups is 3. The summed E-state index contributed by atoms with van der Waals surface area (Å²) < 4.78 is 60.6. The van der Waals surface area contributed by atoms with Gasteiger partial charge in [0.05, 0.1) is 39.6 Å². The third-order valence-corrected chi connectivity index (χ3v) is 11.6. The molecule has 0 saturated heterocycles. The van der Waals surface area contributed by atoms with Crippen LogP contribution in [0.5, 0.6) is 11.6 Å². The van der Waals surface area contributed by atoms with Crippen LogP contribution in [-0.2, 0) is 46.4 Å². The van der Waals surface area contributed by atoms with Gasteiger partial charge in [-0.25, -0.2) is 23.4 Å². The molecule has 2 heterocycles. The van der Waals surface area contributed by atoms with Gasteiger partial charge in [0.2, 0.25) is 5.88 Å². The molecular weight excluding hydrogens is 948 g/mol. The largest absolute Gasteiger partial charge is 0.508 e. The molecular formula is C47H58ClF2N5O15. The van der Waals surface area contributed by atoms with E-state index in [0.717, 1.165) is 47.2 Å². The quantitative estimate of drug-likeness (QED) is 0.0219. The van der Waals surface area contributed by atoms with Crippen LogP contribution in [0.3, 0.4) is 0 Å².